The minimum absolute atomic E-state index is 0. The number of thiophene rings is 1. The number of hydrogen-bond donors (Lipinski definition) is 2. The third kappa shape index (κ3) is 5.63. The van der Waals surface area contributed by atoms with Gasteiger partial charge in [0.2, 0.25) is 5.91 Å². The first-order chi connectivity index (χ1) is 10.5. The minimum atomic E-state index is -0.344. The van der Waals surface area contributed by atoms with Gasteiger partial charge in [-0.2, -0.15) is 0 Å². The molecule has 1 aliphatic rings. The van der Waals surface area contributed by atoms with Crippen LogP contribution in [0.15, 0.2) is 22.5 Å². The van der Waals surface area contributed by atoms with Crippen LogP contribution >= 0.6 is 35.3 Å². The lowest BCUT2D eigenvalue weighted by Crippen LogP contribution is -2.42. The van der Waals surface area contributed by atoms with Crippen molar-refractivity contribution in [3.63, 3.8) is 0 Å². The summed E-state index contributed by atoms with van der Waals surface area (Å²) in [7, 11) is 3.63. The number of carbonyl (C=O) groups is 1. The lowest BCUT2D eigenvalue weighted by Gasteiger charge is -2.29. The van der Waals surface area contributed by atoms with E-state index in [4.69, 9.17) is 5.73 Å². The van der Waals surface area contributed by atoms with Crippen LogP contribution in [0.5, 0.6) is 0 Å². The smallest absolute Gasteiger partial charge is 0.230 e. The van der Waals surface area contributed by atoms with Crippen LogP contribution in [0.1, 0.15) is 30.6 Å². The summed E-state index contributed by atoms with van der Waals surface area (Å²) >= 11 is 1.74. The first kappa shape index (κ1) is 20.2. The van der Waals surface area contributed by atoms with E-state index >= 15 is 0 Å². The zero-order chi connectivity index (χ0) is 16.0. The second-order valence-electron chi connectivity index (χ2n) is 6.14. The van der Waals surface area contributed by atoms with E-state index in [2.05, 4.69) is 21.8 Å². The highest BCUT2D eigenvalue weighted by molar-refractivity contribution is 14.0. The lowest BCUT2D eigenvalue weighted by molar-refractivity contribution is -0.138. The molecular weight excluding hydrogens is 423 g/mol. The van der Waals surface area contributed by atoms with Crippen molar-refractivity contribution in [1.82, 2.24) is 10.2 Å². The number of aliphatic imine (C=N–C) groups is 1. The molecular formula is C16H27IN4OS. The third-order valence-electron chi connectivity index (χ3n) is 4.23. The summed E-state index contributed by atoms with van der Waals surface area (Å²) in [6.45, 7) is 1.26. The average molecular weight is 450 g/mol. The Morgan fingerprint density at radius 3 is 2.70 bits per heavy atom. The van der Waals surface area contributed by atoms with Gasteiger partial charge in [-0.15, -0.1) is 35.3 Å². The molecule has 1 aromatic heterocycles. The number of hydrogen-bond acceptors (Lipinski definition) is 3. The Kier molecular flexibility index (Phi) is 8.32. The maximum Gasteiger partial charge on any atom is 0.230 e. The van der Waals surface area contributed by atoms with Gasteiger partial charge in [0.15, 0.2) is 5.96 Å². The Labute approximate surface area is 159 Å². The van der Waals surface area contributed by atoms with Gasteiger partial charge in [0, 0.05) is 25.5 Å². The molecule has 0 aliphatic heterocycles. The Morgan fingerprint density at radius 2 is 2.13 bits per heavy atom. The SMILES string of the molecule is CN(C)C(=O)C1(CN=C(N)NCCc2cccs2)CCCC1.I. The normalized spacial score (nSPS) is 16.7. The predicted octanol–water partition coefficient (Wildman–Crippen LogP) is 2.46. The quantitative estimate of drug-likeness (QED) is 0.398. The molecule has 130 valence electrons. The van der Waals surface area contributed by atoms with E-state index in [0.29, 0.717) is 12.5 Å². The molecule has 1 aromatic rings. The van der Waals surface area contributed by atoms with Crippen LogP contribution in [0.4, 0.5) is 0 Å². The molecule has 3 N–H and O–H groups in total. The molecule has 1 aliphatic carbocycles. The van der Waals surface area contributed by atoms with Gasteiger partial charge in [0.1, 0.15) is 0 Å². The van der Waals surface area contributed by atoms with Crippen molar-refractivity contribution in [2.45, 2.75) is 32.1 Å². The fourth-order valence-electron chi connectivity index (χ4n) is 3.03. The molecule has 1 heterocycles. The van der Waals surface area contributed by atoms with Crippen LogP contribution in [0, 0.1) is 5.41 Å². The number of nitrogens with one attached hydrogen (secondary N) is 1. The molecule has 1 amide bonds. The maximum absolute atomic E-state index is 12.4. The fourth-order valence-corrected chi connectivity index (χ4v) is 3.74. The number of guanidine groups is 1. The molecule has 0 aromatic carbocycles. The summed E-state index contributed by atoms with van der Waals surface area (Å²) in [5.74, 6) is 0.620. The summed E-state index contributed by atoms with van der Waals surface area (Å²) in [5, 5.41) is 5.21. The van der Waals surface area contributed by atoms with Gasteiger partial charge >= 0.3 is 0 Å². The van der Waals surface area contributed by atoms with Gasteiger partial charge in [-0.1, -0.05) is 18.9 Å². The monoisotopic (exact) mass is 450 g/mol. The van der Waals surface area contributed by atoms with Gasteiger partial charge in [-0.05, 0) is 30.7 Å². The van der Waals surface area contributed by atoms with Gasteiger partial charge in [0.25, 0.3) is 0 Å². The van der Waals surface area contributed by atoms with Gasteiger partial charge in [-0.25, -0.2) is 0 Å². The highest BCUT2D eigenvalue weighted by Gasteiger charge is 2.41. The molecule has 0 bridgehead atoms. The molecule has 5 nitrogen and oxygen atoms in total. The van der Waals surface area contributed by atoms with Crippen molar-refractivity contribution in [3.8, 4) is 0 Å². The predicted molar refractivity (Wildman–Crippen MR) is 108 cm³/mol. The second-order valence-corrected chi connectivity index (χ2v) is 7.18. The van der Waals surface area contributed by atoms with Crippen molar-refractivity contribution in [3.05, 3.63) is 22.4 Å². The highest BCUT2D eigenvalue weighted by Crippen LogP contribution is 2.39. The summed E-state index contributed by atoms with van der Waals surface area (Å²) in [6.07, 6.45) is 4.96. The highest BCUT2D eigenvalue weighted by atomic mass is 127. The third-order valence-corrected chi connectivity index (χ3v) is 5.17. The van der Waals surface area contributed by atoms with Crippen LogP contribution in [0.3, 0.4) is 0 Å². The van der Waals surface area contributed by atoms with E-state index in [1.165, 1.54) is 4.88 Å². The minimum Gasteiger partial charge on any atom is -0.370 e. The van der Waals surface area contributed by atoms with E-state index in [9.17, 15) is 4.79 Å². The van der Waals surface area contributed by atoms with Crippen molar-refractivity contribution >= 4 is 47.2 Å². The Morgan fingerprint density at radius 1 is 1.43 bits per heavy atom. The van der Waals surface area contributed by atoms with Crippen LogP contribution in [0.2, 0.25) is 0 Å². The first-order valence-electron chi connectivity index (χ1n) is 7.81. The Hall–Kier alpha value is -0.830. The number of amides is 1. The van der Waals surface area contributed by atoms with E-state index in [1.54, 1.807) is 16.2 Å². The van der Waals surface area contributed by atoms with E-state index in [1.807, 2.05) is 20.2 Å². The van der Waals surface area contributed by atoms with Crippen LogP contribution in [-0.2, 0) is 11.2 Å². The van der Waals surface area contributed by atoms with Crippen molar-refractivity contribution in [2.24, 2.45) is 16.1 Å². The topological polar surface area (TPSA) is 70.7 Å². The zero-order valence-corrected chi connectivity index (χ0v) is 17.0. The van der Waals surface area contributed by atoms with Crippen LogP contribution in [0.25, 0.3) is 0 Å². The fraction of sp³-hybridized carbons (Fsp3) is 0.625. The van der Waals surface area contributed by atoms with Crippen LogP contribution < -0.4 is 11.1 Å². The van der Waals surface area contributed by atoms with Crippen molar-refractivity contribution in [1.29, 1.82) is 0 Å². The second kappa shape index (κ2) is 9.46. The molecule has 0 radical (unpaired) electrons. The summed E-state index contributed by atoms with van der Waals surface area (Å²) in [4.78, 5) is 19.9. The summed E-state index contributed by atoms with van der Waals surface area (Å²) in [5.41, 5.74) is 5.60. The maximum atomic E-state index is 12.4. The zero-order valence-electron chi connectivity index (χ0n) is 13.9. The molecule has 0 unspecified atom stereocenters. The molecule has 1 fully saturated rings. The van der Waals surface area contributed by atoms with E-state index < -0.39 is 0 Å². The summed E-state index contributed by atoms with van der Waals surface area (Å²) in [6, 6.07) is 4.16. The number of rotatable bonds is 6. The molecule has 2 rings (SSSR count). The van der Waals surface area contributed by atoms with E-state index in [-0.39, 0.29) is 35.3 Å². The van der Waals surface area contributed by atoms with E-state index in [0.717, 1.165) is 38.6 Å². The molecule has 7 heteroatoms. The number of nitrogens with zero attached hydrogens (tertiary/aromatic N) is 2. The molecule has 0 saturated heterocycles. The number of nitrogens with two attached hydrogens (primary N) is 1. The van der Waals surface area contributed by atoms with Gasteiger partial charge < -0.3 is 16.0 Å². The largest absolute Gasteiger partial charge is 0.370 e. The van der Waals surface area contributed by atoms with Crippen molar-refractivity contribution < 1.29 is 4.79 Å². The Bertz CT molecular complexity index is 510. The van der Waals surface area contributed by atoms with Crippen LogP contribution in [-0.4, -0.2) is 44.0 Å². The van der Waals surface area contributed by atoms with Gasteiger partial charge in [-0.3, -0.25) is 9.79 Å². The number of halogens is 1. The molecule has 0 atom stereocenters. The average Bonchev–Trinajstić information content (AvgIpc) is 3.16. The summed E-state index contributed by atoms with van der Waals surface area (Å²) < 4.78 is 0. The Balaban J connectivity index is 0.00000264. The lowest BCUT2D eigenvalue weighted by atomic mass is 9.85. The van der Waals surface area contributed by atoms with Gasteiger partial charge in [0.05, 0.1) is 12.0 Å². The molecule has 0 spiro atoms. The number of carbonyl (C=O) groups excluding carboxylic acids is 1. The molecule has 1 saturated carbocycles. The first-order valence-corrected chi connectivity index (χ1v) is 8.69. The van der Waals surface area contributed by atoms with Crippen molar-refractivity contribution in [2.75, 3.05) is 27.2 Å². The standard InChI is InChI=1S/C16H26N4OS.HI/c1-20(2)14(21)16(8-3-4-9-16)12-19-15(17)18-10-7-13-6-5-11-22-13;/h5-6,11H,3-4,7-10,12H2,1-2H3,(H3,17,18,19);1H. The molecule has 23 heavy (non-hydrogen) atoms.